The maximum Gasteiger partial charge on any atom is 0.288 e. The minimum absolute atomic E-state index is 0.210. The number of carbonyl (C=O) groups is 2. The fourth-order valence-electron chi connectivity index (χ4n) is 0.811. The Morgan fingerprint density at radius 2 is 1.85 bits per heavy atom. The lowest BCUT2D eigenvalue weighted by atomic mass is 10.1. The molecule has 0 saturated carbocycles. The van der Waals surface area contributed by atoms with Gasteiger partial charge in [-0.15, -0.1) is 0 Å². The normalized spacial score (nSPS) is 11.5. The number of Topliss-reactive ketones (excluding diaryl/α,β-unsaturated/α-hetero) is 1. The third-order valence-electron chi connectivity index (χ3n) is 1.27. The fourth-order valence-corrected chi connectivity index (χ4v) is 0.913. The maximum absolute atomic E-state index is 11.2. The van der Waals surface area contributed by atoms with Crippen molar-refractivity contribution in [2.24, 2.45) is 5.92 Å². The Morgan fingerprint density at radius 1 is 1.38 bits per heavy atom. The molecule has 0 radical (unpaired) electrons. The third-order valence-corrected chi connectivity index (χ3v) is 1.38. The monoisotopic (exact) mass is 203 g/mol. The average Bonchev–Trinajstić information content (AvgIpc) is 1.81. The van der Waals surface area contributed by atoms with E-state index in [-0.39, 0.29) is 18.1 Å². The predicted molar refractivity (Wildman–Crippen MR) is 55.7 cm³/mol. The van der Waals surface area contributed by atoms with Crippen LogP contribution in [0.5, 0.6) is 0 Å². The zero-order chi connectivity index (χ0) is 10.6. The van der Waals surface area contributed by atoms with Gasteiger partial charge in [0, 0.05) is 6.42 Å². The number of rotatable bonds is 4. The third kappa shape index (κ3) is 6.63. The van der Waals surface area contributed by atoms with Crippen LogP contribution in [0.4, 0.5) is 0 Å². The highest BCUT2D eigenvalue weighted by Gasteiger charge is 2.20. The van der Waals surface area contributed by atoms with Gasteiger partial charge in [-0.1, -0.05) is 13.8 Å². The second kappa shape index (κ2) is 4.65. The molecule has 4 heteroatoms. The summed E-state index contributed by atoms with van der Waals surface area (Å²) < 4.78 is 0. The minimum Gasteiger partial charge on any atom is -0.336 e. The summed E-state index contributed by atoms with van der Waals surface area (Å²) in [5, 5.41) is 2.50. The SMILES string of the molecule is CC(C)CC(=O)C(=O)NC(C)(C)S. The molecular weight excluding hydrogens is 186 g/mol. The van der Waals surface area contributed by atoms with Crippen LogP contribution in [-0.2, 0) is 9.59 Å². The second-order valence-corrected chi connectivity index (χ2v) is 5.15. The zero-order valence-corrected chi connectivity index (χ0v) is 9.44. The number of nitrogens with one attached hydrogen (secondary N) is 1. The standard InChI is InChI=1S/C9H17NO2S/c1-6(2)5-7(11)8(12)10-9(3,4)13/h6,13H,5H2,1-4H3,(H,10,12). The number of thiol groups is 1. The van der Waals surface area contributed by atoms with Crippen LogP contribution in [0.15, 0.2) is 0 Å². The summed E-state index contributed by atoms with van der Waals surface area (Å²) in [4.78, 5) is 21.7. The number of ketones is 1. The molecule has 0 heterocycles. The van der Waals surface area contributed by atoms with Gasteiger partial charge in [0.1, 0.15) is 0 Å². The van der Waals surface area contributed by atoms with Crippen molar-refractivity contribution in [1.29, 1.82) is 0 Å². The lowest BCUT2D eigenvalue weighted by Crippen LogP contribution is -2.42. The van der Waals surface area contributed by atoms with E-state index in [1.165, 1.54) is 0 Å². The van der Waals surface area contributed by atoms with Crippen LogP contribution in [0.3, 0.4) is 0 Å². The highest BCUT2D eigenvalue weighted by molar-refractivity contribution is 7.81. The summed E-state index contributed by atoms with van der Waals surface area (Å²) >= 11 is 4.10. The van der Waals surface area contributed by atoms with E-state index in [9.17, 15) is 9.59 Å². The molecule has 0 aromatic carbocycles. The van der Waals surface area contributed by atoms with Crippen LogP contribution in [0.2, 0.25) is 0 Å². The number of carbonyl (C=O) groups excluding carboxylic acids is 2. The lowest BCUT2D eigenvalue weighted by molar-refractivity contribution is -0.138. The lowest BCUT2D eigenvalue weighted by Gasteiger charge is -2.18. The average molecular weight is 203 g/mol. The van der Waals surface area contributed by atoms with Crippen LogP contribution in [0, 0.1) is 5.92 Å². The minimum atomic E-state index is -0.635. The Morgan fingerprint density at radius 3 is 2.15 bits per heavy atom. The predicted octanol–water partition coefficient (Wildman–Crippen LogP) is 1.38. The van der Waals surface area contributed by atoms with E-state index in [4.69, 9.17) is 0 Å². The molecule has 0 bridgehead atoms. The van der Waals surface area contributed by atoms with E-state index in [0.717, 1.165) is 0 Å². The van der Waals surface area contributed by atoms with Crippen molar-refractivity contribution in [1.82, 2.24) is 5.32 Å². The molecule has 1 N–H and O–H groups in total. The molecule has 0 aliphatic heterocycles. The molecule has 0 spiro atoms. The largest absolute Gasteiger partial charge is 0.336 e. The first-order chi connectivity index (χ1) is 5.72. The van der Waals surface area contributed by atoms with Gasteiger partial charge in [0.05, 0.1) is 4.87 Å². The van der Waals surface area contributed by atoms with Crippen molar-refractivity contribution >= 4 is 24.3 Å². The van der Waals surface area contributed by atoms with Gasteiger partial charge in [0.2, 0.25) is 5.78 Å². The first kappa shape index (κ1) is 12.5. The first-order valence-electron chi connectivity index (χ1n) is 4.30. The van der Waals surface area contributed by atoms with Crippen LogP contribution in [0.1, 0.15) is 34.1 Å². The molecule has 0 atom stereocenters. The van der Waals surface area contributed by atoms with Crippen LogP contribution >= 0.6 is 12.6 Å². The molecule has 0 fully saturated rings. The molecule has 0 unspecified atom stereocenters. The van der Waals surface area contributed by atoms with Crippen molar-refractivity contribution in [3.8, 4) is 0 Å². The first-order valence-corrected chi connectivity index (χ1v) is 4.75. The summed E-state index contributed by atoms with van der Waals surface area (Å²) in [6.07, 6.45) is 0.287. The summed E-state index contributed by atoms with van der Waals surface area (Å²) in [5.74, 6) is -0.716. The van der Waals surface area contributed by atoms with Crippen molar-refractivity contribution < 1.29 is 9.59 Å². The van der Waals surface area contributed by atoms with E-state index >= 15 is 0 Å². The highest BCUT2D eigenvalue weighted by Crippen LogP contribution is 2.07. The van der Waals surface area contributed by atoms with E-state index in [1.54, 1.807) is 13.8 Å². The Kier molecular flexibility index (Phi) is 4.47. The molecule has 0 aromatic rings. The Balaban J connectivity index is 4.06. The molecule has 0 aliphatic rings. The summed E-state index contributed by atoms with van der Waals surface area (Å²) in [7, 11) is 0. The number of hydrogen-bond acceptors (Lipinski definition) is 3. The van der Waals surface area contributed by atoms with Gasteiger partial charge in [-0.25, -0.2) is 0 Å². The molecule has 13 heavy (non-hydrogen) atoms. The van der Waals surface area contributed by atoms with Gasteiger partial charge >= 0.3 is 0 Å². The quantitative estimate of drug-likeness (QED) is 0.412. The van der Waals surface area contributed by atoms with E-state index in [1.807, 2.05) is 13.8 Å². The van der Waals surface area contributed by atoms with Gasteiger partial charge < -0.3 is 5.32 Å². The zero-order valence-electron chi connectivity index (χ0n) is 8.55. The molecule has 0 aliphatic carbocycles. The molecule has 3 nitrogen and oxygen atoms in total. The summed E-state index contributed by atoms with van der Waals surface area (Å²) in [5.41, 5.74) is 0. The smallest absolute Gasteiger partial charge is 0.288 e. The highest BCUT2D eigenvalue weighted by atomic mass is 32.1. The van der Waals surface area contributed by atoms with Crippen molar-refractivity contribution in [2.45, 2.75) is 39.0 Å². The van der Waals surface area contributed by atoms with Gasteiger partial charge in [0.15, 0.2) is 0 Å². The topological polar surface area (TPSA) is 46.2 Å². The number of amides is 1. The molecule has 76 valence electrons. The number of hydrogen-bond donors (Lipinski definition) is 2. The van der Waals surface area contributed by atoms with Crippen LogP contribution in [0.25, 0.3) is 0 Å². The van der Waals surface area contributed by atoms with Gasteiger partial charge in [-0.05, 0) is 19.8 Å². The molecular formula is C9H17NO2S. The van der Waals surface area contributed by atoms with Gasteiger partial charge in [0.25, 0.3) is 5.91 Å². The Labute approximate surface area is 84.7 Å². The second-order valence-electron chi connectivity index (χ2n) is 4.03. The molecule has 0 saturated heterocycles. The molecule has 0 aromatic heterocycles. The maximum atomic E-state index is 11.2. The molecule has 1 amide bonds. The van der Waals surface area contributed by atoms with Gasteiger partial charge in [-0.2, -0.15) is 12.6 Å². The van der Waals surface area contributed by atoms with Crippen LogP contribution in [-0.4, -0.2) is 16.6 Å². The van der Waals surface area contributed by atoms with Crippen molar-refractivity contribution in [3.63, 3.8) is 0 Å². The summed E-state index contributed by atoms with van der Waals surface area (Å²) in [6, 6.07) is 0. The van der Waals surface area contributed by atoms with Crippen molar-refractivity contribution in [3.05, 3.63) is 0 Å². The van der Waals surface area contributed by atoms with E-state index in [0.29, 0.717) is 0 Å². The van der Waals surface area contributed by atoms with E-state index in [2.05, 4.69) is 17.9 Å². The van der Waals surface area contributed by atoms with Crippen molar-refractivity contribution in [2.75, 3.05) is 0 Å². The fraction of sp³-hybridized carbons (Fsp3) is 0.778. The Hall–Kier alpha value is -0.510. The van der Waals surface area contributed by atoms with Gasteiger partial charge in [-0.3, -0.25) is 9.59 Å². The van der Waals surface area contributed by atoms with E-state index < -0.39 is 10.8 Å². The molecule has 0 rings (SSSR count). The summed E-state index contributed by atoms with van der Waals surface area (Å²) in [6.45, 7) is 7.24. The van der Waals surface area contributed by atoms with Crippen LogP contribution < -0.4 is 5.32 Å². The Bertz CT molecular complexity index is 206.